The fraction of sp³-hybridized carbons (Fsp3) is 0.0909. The first-order valence-corrected chi connectivity index (χ1v) is 5.09. The summed E-state index contributed by atoms with van der Waals surface area (Å²) in [6.07, 6.45) is 1.28. The number of aromatic amines is 1. The van der Waals surface area contributed by atoms with Crippen molar-refractivity contribution in [3.8, 4) is 0 Å². The lowest BCUT2D eigenvalue weighted by atomic mass is 10.3. The number of aromatic carboxylic acids is 1. The van der Waals surface area contributed by atoms with Crippen molar-refractivity contribution in [1.82, 2.24) is 15.2 Å². The number of H-pyrrole nitrogens is 1. The van der Waals surface area contributed by atoms with E-state index in [1.54, 1.807) is 13.0 Å². The lowest BCUT2D eigenvalue weighted by Gasteiger charge is -2.02. The predicted molar refractivity (Wildman–Crippen MR) is 62.5 cm³/mol. The van der Waals surface area contributed by atoms with E-state index in [-0.39, 0.29) is 17.3 Å². The lowest BCUT2D eigenvalue weighted by molar-refractivity contribution is 0.0690. The zero-order valence-corrected chi connectivity index (χ0v) is 9.47. The van der Waals surface area contributed by atoms with Crippen molar-refractivity contribution >= 4 is 17.6 Å². The minimum atomic E-state index is -1.11. The number of pyridine rings is 1. The molecule has 92 valence electrons. The second-order valence-corrected chi connectivity index (χ2v) is 3.63. The first kappa shape index (κ1) is 11.8. The van der Waals surface area contributed by atoms with Crippen LogP contribution in [0.2, 0.25) is 0 Å². The van der Waals surface area contributed by atoms with Gasteiger partial charge in [-0.15, -0.1) is 0 Å². The second kappa shape index (κ2) is 4.66. The van der Waals surface area contributed by atoms with Crippen LogP contribution in [0, 0.1) is 6.92 Å². The van der Waals surface area contributed by atoms with Gasteiger partial charge in [0.05, 0.1) is 11.9 Å². The summed E-state index contributed by atoms with van der Waals surface area (Å²) < 4.78 is 0. The Morgan fingerprint density at radius 3 is 2.61 bits per heavy atom. The number of hydrogen-bond acceptors (Lipinski definition) is 4. The van der Waals surface area contributed by atoms with Gasteiger partial charge >= 0.3 is 5.97 Å². The second-order valence-electron chi connectivity index (χ2n) is 3.63. The Labute approximate surface area is 102 Å². The van der Waals surface area contributed by atoms with Crippen LogP contribution in [0.3, 0.4) is 0 Å². The summed E-state index contributed by atoms with van der Waals surface area (Å²) in [4.78, 5) is 26.0. The van der Waals surface area contributed by atoms with Gasteiger partial charge < -0.3 is 10.4 Å². The summed E-state index contributed by atoms with van der Waals surface area (Å²) in [5, 5.41) is 17.7. The van der Waals surface area contributed by atoms with E-state index in [0.717, 1.165) is 5.69 Å². The van der Waals surface area contributed by atoms with Gasteiger partial charge in [0.15, 0.2) is 5.69 Å². The average Bonchev–Trinajstić information content (AvgIpc) is 2.76. The molecule has 0 saturated heterocycles. The highest BCUT2D eigenvalue weighted by molar-refractivity contribution is 6.02. The van der Waals surface area contributed by atoms with Gasteiger partial charge in [0, 0.05) is 5.69 Å². The molecule has 3 N–H and O–H groups in total. The molecule has 2 aromatic heterocycles. The first-order valence-electron chi connectivity index (χ1n) is 5.09. The zero-order valence-electron chi connectivity index (χ0n) is 9.47. The zero-order chi connectivity index (χ0) is 13.1. The Morgan fingerprint density at radius 1 is 1.33 bits per heavy atom. The molecule has 2 heterocycles. The number of hydrogen-bond donors (Lipinski definition) is 3. The van der Waals surface area contributed by atoms with Crippen LogP contribution in [0.1, 0.15) is 26.7 Å². The summed E-state index contributed by atoms with van der Waals surface area (Å²) in [6.45, 7) is 1.78. The molecule has 0 unspecified atom stereocenters. The molecule has 0 spiro atoms. The topological polar surface area (TPSA) is 108 Å². The van der Waals surface area contributed by atoms with Crippen molar-refractivity contribution in [3.63, 3.8) is 0 Å². The summed E-state index contributed by atoms with van der Waals surface area (Å²) in [6, 6.07) is 4.38. The number of carbonyl (C=O) groups is 2. The minimum Gasteiger partial charge on any atom is -0.477 e. The molecule has 2 aromatic rings. The first-order chi connectivity index (χ1) is 8.56. The van der Waals surface area contributed by atoms with Crippen LogP contribution in [-0.2, 0) is 0 Å². The summed E-state index contributed by atoms with van der Waals surface area (Å²) in [7, 11) is 0. The monoisotopic (exact) mass is 246 g/mol. The highest BCUT2D eigenvalue weighted by Gasteiger charge is 2.10. The third-order valence-corrected chi connectivity index (χ3v) is 2.18. The van der Waals surface area contributed by atoms with E-state index in [1.165, 1.54) is 18.3 Å². The van der Waals surface area contributed by atoms with Crippen molar-refractivity contribution in [1.29, 1.82) is 0 Å². The molecule has 0 aliphatic rings. The Kier molecular flexibility index (Phi) is 3.05. The average molecular weight is 246 g/mol. The summed E-state index contributed by atoms with van der Waals surface area (Å²) in [5.74, 6) is -1.50. The van der Waals surface area contributed by atoms with Gasteiger partial charge in [-0.05, 0) is 25.1 Å². The number of nitrogens with one attached hydrogen (secondary N) is 2. The van der Waals surface area contributed by atoms with Crippen LogP contribution >= 0.6 is 0 Å². The highest BCUT2D eigenvalue weighted by Crippen LogP contribution is 2.08. The number of nitrogens with zero attached hydrogens (tertiary/aromatic N) is 2. The van der Waals surface area contributed by atoms with Crippen molar-refractivity contribution in [2.75, 3.05) is 5.32 Å². The standard InChI is InChI=1S/C11H10N4O3/c1-6-4-9(15-14-6)10(16)13-7-2-3-8(11(17)18)12-5-7/h2-5H,1H3,(H,13,16)(H,14,15)(H,17,18). The van der Waals surface area contributed by atoms with Gasteiger partial charge in [-0.2, -0.15) is 5.10 Å². The highest BCUT2D eigenvalue weighted by atomic mass is 16.4. The summed E-state index contributed by atoms with van der Waals surface area (Å²) in [5.41, 5.74) is 1.36. The van der Waals surface area contributed by atoms with Crippen molar-refractivity contribution in [2.45, 2.75) is 6.92 Å². The van der Waals surface area contributed by atoms with E-state index in [0.29, 0.717) is 5.69 Å². The van der Waals surface area contributed by atoms with Crippen LogP contribution in [0.15, 0.2) is 24.4 Å². The number of anilines is 1. The largest absolute Gasteiger partial charge is 0.477 e. The Hall–Kier alpha value is -2.70. The van der Waals surface area contributed by atoms with E-state index in [1.807, 2.05) is 0 Å². The molecule has 0 radical (unpaired) electrons. The fourth-order valence-electron chi connectivity index (χ4n) is 1.32. The van der Waals surface area contributed by atoms with E-state index in [4.69, 9.17) is 5.11 Å². The normalized spacial score (nSPS) is 10.1. The van der Waals surface area contributed by atoms with Gasteiger partial charge in [-0.1, -0.05) is 0 Å². The van der Waals surface area contributed by atoms with Crippen molar-refractivity contribution in [2.24, 2.45) is 0 Å². The van der Waals surface area contributed by atoms with Gasteiger partial charge in [-0.3, -0.25) is 9.89 Å². The van der Waals surface area contributed by atoms with E-state index >= 15 is 0 Å². The van der Waals surface area contributed by atoms with Crippen molar-refractivity contribution in [3.05, 3.63) is 41.5 Å². The van der Waals surface area contributed by atoms with Crippen LogP contribution in [0.4, 0.5) is 5.69 Å². The van der Waals surface area contributed by atoms with Gasteiger partial charge in [-0.25, -0.2) is 9.78 Å². The maximum atomic E-state index is 11.7. The van der Waals surface area contributed by atoms with Crippen LogP contribution in [-0.4, -0.2) is 32.2 Å². The smallest absolute Gasteiger partial charge is 0.354 e. The van der Waals surface area contributed by atoms with E-state index in [9.17, 15) is 9.59 Å². The fourth-order valence-corrected chi connectivity index (χ4v) is 1.32. The van der Waals surface area contributed by atoms with Gasteiger partial charge in [0.2, 0.25) is 0 Å². The Bertz CT molecular complexity index is 589. The molecule has 0 saturated carbocycles. The maximum Gasteiger partial charge on any atom is 0.354 e. The molecule has 2 rings (SSSR count). The number of carboxylic acids is 1. The number of carbonyl (C=O) groups excluding carboxylic acids is 1. The predicted octanol–water partition coefficient (Wildman–Crippen LogP) is 1.06. The molecular formula is C11H10N4O3. The number of rotatable bonds is 3. The Balaban J connectivity index is 2.10. The van der Waals surface area contributed by atoms with Gasteiger partial charge in [0.1, 0.15) is 5.69 Å². The SMILES string of the molecule is Cc1cc(C(=O)Nc2ccc(C(=O)O)nc2)n[nH]1. The quantitative estimate of drug-likeness (QED) is 0.750. The maximum absolute atomic E-state index is 11.7. The lowest BCUT2D eigenvalue weighted by Crippen LogP contribution is -2.13. The van der Waals surface area contributed by atoms with Crippen molar-refractivity contribution < 1.29 is 14.7 Å². The molecule has 1 amide bonds. The molecule has 0 aliphatic heterocycles. The molecule has 7 nitrogen and oxygen atoms in total. The number of aryl methyl sites for hydroxylation is 1. The number of aromatic nitrogens is 3. The molecule has 7 heteroatoms. The minimum absolute atomic E-state index is 0.0800. The Morgan fingerprint density at radius 2 is 2.11 bits per heavy atom. The molecule has 0 aliphatic carbocycles. The molecule has 18 heavy (non-hydrogen) atoms. The van der Waals surface area contributed by atoms with Gasteiger partial charge in [0.25, 0.3) is 5.91 Å². The molecule has 0 atom stereocenters. The van der Waals surface area contributed by atoms with Crippen LogP contribution in [0.25, 0.3) is 0 Å². The molecular weight excluding hydrogens is 236 g/mol. The number of carboxylic acid groups (broad SMARTS) is 1. The van der Waals surface area contributed by atoms with Crippen LogP contribution < -0.4 is 5.32 Å². The number of amides is 1. The molecule has 0 aromatic carbocycles. The third kappa shape index (κ3) is 2.51. The van der Waals surface area contributed by atoms with E-state index < -0.39 is 5.97 Å². The van der Waals surface area contributed by atoms with E-state index in [2.05, 4.69) is 20.5 Å². The third-order valence-electron chi connectivity index (χ3n) is 2.18. The molecule has 0 fully saturated rings. The van der Waals surface area contributed by atoms with Crippen LogP contribution in [0.5, 0.6) is 0 Å². The summed E-state index contributed by atoms with van der Waals surface area (Å²) >= 11 is 0. The molecule has 0 bridgehead atoms.